The van der Waals surface area contributed by atoms with Gasteiger partial charge in [-0.05, 0) is 24.6 Å². The van der Waals surface area contributed by atoms with Crippen LogP contribution in [0.15, 0.2) is 36.5 Å². The fourth-order valence-corrected chi connectivity index (χ4v) is 2.57. The number of fused-ring (bicyclic) bond motifs is 1. The maximum atomic E-state index is 11.4. The summed E-state index contributed by atoms with van der Waals surface area (Å²) < 4.78 is 5.14. The third-order valence-corrected chi connectivity index (χ3v) is 3.96. The smallest absolute Gasteiger partial charge is 0.299 e. The van der Waals surface area contributed by atoms with E-state index in [2.05, 4.69) is 10.3 Å². The first-order chi connectivity index (χ1) is 12.4. The van der Waals surface area contributed by atoms with E-state index >= 15 is 0 Å². The number of aromatic nitrogens is 1. The molecule has 0 spiro atoms. The van der Waals surface area contributed by atoms with Crippen molar-refractivity contribution >= 4 is 28.0 Å². The van der Waals surface area contributed by atoms with Crippen LogP contribution in [0.25, 0.3) is 10.9 Å². The van der Waals surface area contributed by atoms with Crippen molar-refractivity contribution in [2.75, 3.05) is 12.4 Å². The highest BCUT2D eigenvalue weighted by Gasteiger charge is 2.20. The van der Waals surface area contributed by atoms with Gasteiger partial charge in [-0.15, -0.1) is 0 Å². The molecule has 2 N–H and O–H groups in total. The molecular formula is C18H14N4O4. The Labute approximate surface area is 148 Å². The van der Waals surface area contributed by atoms with Gasteiger partial charge in [0.1, 0.15) is 17.6 Å². The van der Waals surface area contributed by atoms with Crippen LogP contribution in [-0.2, 0) is 0 Å². The van der Waals surface area contributed by atoms with Crippen LogP contribution in [0.5, 0.6) is 11.5 Å². The zero-order valence-electron chi connectivity index (χ0n) is 14.0. The SMILES string of the molecule is COc1cc([N+](=O)[O-])c2ncc(C#N)c(Nc3ccc(C)c(O)c3)c2c1. The average Bonchev–Trinajstić information content (AvgIpc) is 2.63. The van der Waals surface area contributed by atoms with Gasteiger partial charge in [0, 0.05) is 23.3 Å². The van der Waals surface area contributed by atoms with Crippen molar-refractivity contribution in [3.63, 3.8) is 0 Å². The highest BCUT2D eigenvalue weighted by molar-refractivity contribution is 6.01. The summed E-state index contributed by atoms with van der Waals surface area (Å²) in [6, 6.07) is 9.84. The number of nitrogens with zero attached hydrogens (tertiary/aromatic N) is 3. The summed E-state index contributed by atoms with van der Waals surface area (Å²) in [5.74, 6) is 0.367. The van der Waals surface area contributed by atoms with Gasteiger partial charge in [0.15, 0.2) is 5.52 Å². The van der Waals surface area contributed by atoms with Crippen LogP contribution in [-0.4, -0.2) is 22.1 Å². The van der Waals surface area contributed by atoms with Crippen LogP contribution in [0.4, 0.5) is 17.1 Å². The first kappa shape index (κ1) is 17.0. The van der Waals surface area contributed by atoms with Crippen LogP contribution in [0.1, 0.15) is 11.1 Å². The van der Waals surface area contributed by atoms with E-state index < -0.39 is 4.92 Å². The van der Waals surface area contributed by atoms with E-state index in [9.17, 15) is 20.5 Å². The van der Waals surface area contributed by atoms with Crippen LogP contribution >= 0.6 is 0 Å². The molecule has 0 radical (unpaired) electrons. The van der Waals surface area contributed by atoms with Gasteiger partial charge in [-0.3, -0.25) is 10.1 Å². The van der Waals surface area contributed by atoms with Crippen LogP contribution < -0.4 is 10.1 Å². The molecule has 0 unspecified atom stereocenters. The summed E-state index contributed by atoms with van der Waals surface area (Å²) in [6.07, 6.45) is 1.28. The number of aryl methyl sites for hydroxylation is 1. The largest absolute Gasteiger partial charge is 0.508 e. The number of hydrogen-bond donors (Lipinski definition) is 2. The molecule has 0 atom stereocenters. The highest BCUT2D eigenvalue weighted by Crippen LogP contribution is 2.37. The number of anilines is 2. The number of pyridine rings is 1. The number of methoxy groups -OCH3 is 1. The number of rotatable bonds is 4. The minimum absolute atomic E-state index is 0.0930. The average molecular weight is 350 g/mol. The fraction of sp³-hybridized carbons (Fsp3) is 0.111. The number of phenols is 1. The van der Waals surface area contributed by atoms with Crippen molar-refractivity contribution in [1.29, 1.82) is 5.26 Å². The minimum atomic E-state index is -0.550. The maximum Gasteiger partial charge on any atom is 0.299 e. The third kappa shape index (κ3) is 2.93. The molecule has 26 heavy (non-hydrogen) atoms. The van der Waals surface area contributed by atoms with E-state index in [1.165, 1.54) is 25.4 Å². The normalized spacial score (nSPS) is 10.3. The summed E-state index contributed by atoms with van der Waals surface area (Å²) in [5, 5.41) is 34.1. The molecule has 130 valence electrons. The van der Waals surface area contributed by atoms with Crippen LogP contribution in [0.3, 0.4) is 0 Å². The van der Waals surface area contributed by atoms with Gasteiger partial charge >= 0.3 is 0 Å². The number of non-ortho nitro benzene ring substituents is 1. The molecule has 0 fully saturated rings. The van der Waals surface area contributed by atoms with Crippen molar-refractivity contribution in [1.82, 2.24) is 4.98 Å². The lowest BCUT2D eigenvalue weighted by Gasteiger charge is -2.13. The Bertz CT molecular complexity index is 1070. The second-order valence-corrected chi connectivity index (χ2v) is 5.58. The minimum Gasteiger partial charge on any atom is -0.508 e. The lowest BCUT2D eigenvalue weighted by atomic mass is 10.1. The highest BCUT2D eigenvalue weighted by atomic mass is 16.6. The molecule has 8 heteroatoms. The van der Waals surface area contributed by atoms with Gasteiger partial charge in [-0.1, -0.05) is 6.07 Å². The second kappa shape index (κ2) is 6.57. The monoisotopic (exact) mass is 350 g/mol. The Hall–Kier alpha value is -3.86. The molecule has 1 aromatic heterocycles. The second-order valence-electron chi connectivity index (χ2n) is 5.58. The molecule has 3 rings (SSSR count). The predicted molar refractivity (Wildman–Crippen MR) is 95.8 cm³/mol. The predicted octanol–water partition coefficient (Wildman–Crippen LogP) is 3.78. The number of hydrogen-bond acceptors (Lipinski definition) is 7. The number of benzene rings is 2. The molecule has 0 aliphatic heterocycles. The van der Waals surface area contributed by atoms with Gasteiger partial charge in [0.25, 0.3) is 5.69 Å². The summed E-state index contributed by atoms with van der Waals surface area (Å²) in [5.41, 5.74) is 1.70. The fourth-order valence-electron chi connectivity index (χ4n) is 2.57. The molecule has 2 aromatic carbocycles. The van der Waals surface area contributed by atoms with E-state index in [-0.39, 0.29) is 28.3 Å². The van der Waals surface area contributed by atoms with E-state index in [1.54, 1.807) is 25.1 Å². The lowest BCUT2D eigenvalue weighted by molar-refractivity contribution is -0.383. The Morgan fingerprint density at radius 1 is 1.35 bits per heavy atom. The van der Waals surface area contributed by atoms with E-state index in [4.69, 9.17) is 4.74 Å². The summed E-state index contributed by atoms with van der Waals surface area (Å²) in [6.45, 7) is 1.76. The number of ether oxygens (including phenoxy) is 1. The molecule has 8 nitrogen and oxygen atoms in total. The van der Waals surface area contributed by atoms with Crippen molar-refractivity contribution < 1.29 is 14.8 Å². The topological polar surface area (TPSA) is 121 Å². The molecule has 0 aliphatic carbocycles. The zero-order chi connectivity index (χ0) is 18.8. The number of nitro benzene ring substituents is 1. The quantitative estimate of drug-likeness (QED) is 0.542. The van der Waals surface area contributed by atoms with Crippen LogP contribution in [0, 0.1) is 28.4 Å². The number of nitriles is 1. The maximum absolute atomic E-state index is 11.4. The lowest BCUT2D eigenvalue weighted by Crippen LogP contribution is -2.00. The molecule has 0 amide bonds. The van der Waals surface area contributed by atoms with Crippen LogP contribution in [0.2, 0.25) is 0 Å². The summed E-state index contributed by atoms with van der Waals surface area (Å²) >= 11 is 0. The molecule has 0 saturated heterocycles. The van der Waals surface area contributed by atoms with Crippen molar-refractivity contribution in [3.05, 3.63) is 57.8 Å². The molecular weight excluding hydrogens is 336 g/mol. The van der Waals surface area contributed by atoms with Crippen molar-refractivity contribution in [3.8, 4) is 17.6 Å². The number of nitro groups is 1. The summed E-state index contributed by atoms with van der Waals surface area (Å²) in [7, 11) is 1.40. The number of phenolic OH excluding ortho intramolecular Hbond substituents is 1. The summed E-state index contributed by atoms with van der Waals surface area (Å²) in [4.78, 5) is 14.9. The van der Waals surface area contributed by atoms with Gasteiger partial charge in [-0.2, -0.15) is 5.26 Å². The third-order valence-electron chi connectivity index (χ3n) is 3.96. The number of aromatic hydroxyl groups is 1. The molecule has 0 bridgehead atoms. The van der Waals surface area contributed by atoms with Gasteiger partial charge < -0.3 is 15.2 Å². The first-order valence-corrected chi connectivity index (χ1v) is 7.56. The van der Waals surface area contributed by atoms with Gasteiger partial charge in [0.2, 0.25) is 0 Å². The molecule has 0 saturated carbocycles. The molecule has 1 heterocycles. The van der Waals surface area contributed by atoms with Crippen molar-refractivity contribution in [2.45, 2.75) is 6.92 Å². The Morgan fingerprint density at radius 3 is 2.73 bits per heavy atom. The van der Waals surface area contributed by atoms with Gasteiger partial charge in [-0.25, -0.2) is 4.98 Å². The first-order valence-electron chi connectivity index (χ1n) is 7.56. The van der Waals surface area contributed by atoms with E-state index in [0.717, 1.165) is 0 Å². The van der Waals surface area contributed by atoms with E-state index in [0.29, 0.717) is 22.3 Å². The van der Waals surface area contributed by atoms with E-state index in [1.807, 2.05) is 6.07 Å². The zero-order valence-corrected chi connectivity index (χ0v) is 14.0. The molecule has 3 aromatic rings. The Balaban J connectivity index is 2.27. The number of nitrogens with one attached hydrogen (secondary N) is 1. The molecule has 0 aliphatic rings. The Kier molecular flexibility index (Phi) is 4.29. The van der Waals surface area contributed by atoms with Crippen molar-refractivity contribution in [2.24, 2.45) is 0 Å². The Morgan fingerprint density at radius 2 is 2.12 bits per heavy atom. The van der Waals surface area contributed by atoms with Gasteiger partial charge in [0.05, 0.1) is 29.4 Å². The standard InChI is InChI=1S/C18H14N4O4/c1-10-3-4-12(5-16(10)23)21-17-11(8-19)9-20-18-14(17)6-13(26-2)7-15(18)22(24)25/h3-7,9,23H,1-2H3,(H,20,21).